The van der Waals surface area contributed by atoms with Gasteiger partial charge >= 0.3 is 0 Å². The third kappa shape index (κ3) is 2.89. The van der Waals surface area contributed by atoms with E-state index in [1.54, 1.807) is 17.9 Å². The van der Waals surface area contributed by atoms with E-state index in [9.17, 15) is 5.11 Å². The topological polar surface area (TPSA) is 65.1 Å². The maximum atomic E-state index is 10.5. The van der Waals surface area contributed by atoms with E-state index in [1.807, 2.05) is 60.5 Å². The van der Waals surface area contributed by atoms with Gasteiger partial charge in [0, 0.05) is 36.6 Å². The fourth-order valence-corrected chi connectivity index (χ4v) is 3.83. The predicted octanol–water partition coefficient (Wildman–Crippen LogP) is 4.35. The molecule has 3 heterocycles. The van der Waals surface area contributed by atoms with Crippen LogP contribution in [0.4, 0.5) is 0 Å². The van der Waals surface area contributed by atoms with Crippen LogP contribution in [-0.2, 0) is 13.6 Å². The standard InChI is InChI=1S/C23H20N4O2/c1-26-13-19-17(5-3-7-20(19)25-26)15-8-9-16(22(11-15)29-2)12-27-14-21-18(23(27)28)6-4-10-24-21/h3-11,13-14,28H,12H2,1-2H3. The van der Waals surface area contributed by atoms with Gasteiger partial charge in [-0.05, 0) is 35.4 Å². The monoisotopic (exact) mass is 384 g/mol. The molecule has 5 aromatic rings. The van der Waals surface area contributed by atoms with E-state index in [-0.39, 0.29) is 5.88 Å². The minimum Gasteiger partial charge on any atom is -0.496 e. The lowest BCUT2D eigenvalue weighted by Crippen LogP contribution is -2.00. The zero-order valence-electron chi connectivity index (χ0n) is 16.2. The molecular formula is C23H20N4O2. The molecule has 0 aliphatic carbocycles. The number of aromatic hydroxyl groups is 1. The molecule has 0 bridgehead atoms. The largest absolute Gasteiger partial charge is 0.496 e. The quantitative estimate of drug-likeness (QED) is 0.500. The first-order valence-corrected chi connectivity index (χ1v) is 9.36. The second-order valence-corrected chi connectivity index (χ2v) is 7.08. The lowest BCUT2D eigenvalue weighted by molar-refractivity contribution is 0.402. The van der Waals surface area contributed by atoms with Crippen molar-refractivity contribution in [3.63, 3.8) is 0 Å². The van der Waals surface area contributed by atoms with Crippen LogP contribution in [0.1, 0.15) is 5.56 Å². The molecule has 144 valence electrons. The second kappa shape index (κ2) is 6.67. The van der Waals surface area contributed by atoms with E-state index < -0.39 is 0 Å². The second-order valence-electron chi connectivity index (χ2n) is 7.08. The van der Waals surface area contributed by atoms with Crippen molar-refractivity contribution in [2.45, 2.75) is 6.54 Å². The van der Waals surface area contributed by atoms with Crippen LogP contribution in [0, 0.1) is 0 Å². The van der Waals surface area contributed by atoms with Gasteiger partial charge in [-0.2, -0.15) is 5.10 Å². The molecule has 0 saturated carbocycles. The number of methoxy groups -OCH3 is 1. The summed E-state index contributed by atoms with van der Waals surface area (Å²) in [6, 6.07) is 16.0. The van der Waals surface area contributed by atoms with Gasteiger partial charge in [0.05, 0.1) is 30.1 Å². The van der Waals surface area contributed by atoms with Gasteiger partial charge in [0.15, 0.2) is 0 Å². The molecule has 0 fully saturated rings. The van der Waals surface area contributed by atoms with Crippen LogP contribution in [0.3, 0.4) is 0 Å². The first kappa shape index (κ1) is 17.3. The Hall–Kier alpha value is -3.80. The Bertz CT molecular complexity index is 1350. The van der Waals surface area contributed by atoms with Crippen molar-refractivity contribution >= 4 is 21.8 Å². The van der Waals surface area contributed by atoms with E-state index in [4.69, 9.17) is 4.74 Å². The van der Waals surface area contributed by atoms with E-state index >= 15 is 0 Å². The summed E-state index contributed by atoms with van der Waals surface area (Å²) in [4.78, 5) is 4.31. The summed E-state index contributed by atoms with van der Waals surface area (Å²) in [5.74, 6) is 0.980. The summed E-state index contributed by atoms with van der Waals surface area (Å²) < 4.78 is 9.29. The minimum atomic E-state index is 0.208. The van der Waals surface area contributed by atoms with Crippen molar-refractivity contribution in [3.05, 3.63) is 72.7 Å². The first-order chi connectivity index (χ1) is 14.1. The molecule has 0 spiro atoms. The number of hydrogen-bond donors (Lipinski definition) is 1. The Balaban J connectivity index is 1.56. The molecule has 0 amide bonds. The number of aromatic nitrogens is 4. The van der Waals surface area contributed by atoms with Crippen LogP contribution in [0.5, 0.6) is 11.6 Å². The molecule has 0 aliphatic rings. The highest BCUT2D eigenvalue weighted by Gasteiger charge is 2.13. The number of nitrogens with zero attached hydrogens (tertiary/aromatic N) is 4. The van der Waals surface area contributed by atoms with Crippen LogP contribution in [0.2, 0.25) is 0 Å². The van der Waals surface area contributed by atoms with Gasteiger partial charge in [-0.3, -0.25) is 9.67 Å². The molecule has 6 heteroatoms. The molecule has 0 atom stereocenters. The Kier molecular flexibility index (Phi) is 3.98. The summed E-state index contributed by atoms with van der Waals surface area (Å²) in [5.41, 5.74) is 4.88. The highest BCUT2D eigenvalue weighted by Crippen LogP contribution is 2.33. The van der Waals surface area contributed by atoms with Gasteiger partial charge in [-0.15, -0.1) is 0 Å². The highest BCUT2D eigenvalue weighted by molar-refractivity contribution is 5.94. The van der Waals surface area contributed by atoms with Crippen molar-refractivity contribution in [1.29, 1.82) is 0 Å². The Morgan fingerprint density at radius 2 is 1.90 bits per heavy atom. The fraction of sp³-hybridized carbons (Fsp3) is 0.130. The lowest BCUT2D eigenvalue weighted by Gasteiger charge is -2.13. The molecule has 0 unspecified atom stereocenters. The molecule has 0 aliphatic heterocycles. The zero-order valence-corrected chi connectivity index (χ0v) is 16.2. The lowest BCUT2D eigenvalue weighted by atomic mass is 10.00. The van der Waals surface area contributed by atoms with Crippen LogP contribution < -0.4 is 4.74 Å². The van der Waals surface area contributed by atoms with E-state index in [1.165, 1.54) is 0 Å². The molecule has 3 aromatic heterocycles. The minimum absolute atomic E-state index is 0.208. The smallest absolute Gasteiger partial charge is 0.201 e. The number of ether oxygens (including phenoxy) is 1. The number of fused-ring (bicyclic) bond motifs is 2. The van der Waals surface area contributed by atoms with Crippen LogP contribution in [-0.4, -0.2) is 31.5 Å². The van der Waals surface area contributed by atoms with Gasteiger partial charge in [-0.1, -0.05) is 24.3 Å². The van der Waals surface area contributed by atoms with Crippen molar-refractivity contribution in [3.8, 4) is 22.8 Å². The van der Waals surface area contributed by atoms with Crippen molar-refractivity contribution < 1.29 is 9.84 Å². The van der Waals surface area contributed by atoms with Crippen molar-refractivity contribution in [2.24, 2.45) is 7.05 Å². The Labute approximate surface area is 167 Å². The van der Waals surface area contributed by atoms with Crippen LogP contribution in [0.25, 0.3) is 32.9 Å². The summed E-state index contributed by atoms with van der Waals surface area (Å²) in [7, 11) is 3.59. The number of hydrogen-bond acceptors (Lipinski definition) is 4. The molecule has 1 N–H and O–H groups in total. The average Bonchev–Trinajstić information content (AvgIpc) is 3.27. The SMILES string of the molecule is COc1cc(-c2cccc3nn(C)cc23)ccc1Cn1cc2ncccc2c1O. The van der Waals surface area contributed by atoms with Gasteiger partial charge in [0.1, 0.15) is 5.75 Å². The van der Waals surface area contributed by atoms with Gasteiger partial charge < -0.3 is 14.4 Å². The number of aryl methyl sites for hydroxylation is 1. The predicted molar refractivity (Wildman–Crippen MR) is 113 cm³/mol. The van der Waals surface area contributed by atoms with Crippen molar-refractivity contribution in [2.75, 3.05) is 7.11 Å². The Morgan fingerprint density at radius 3 is 2.72 bits per heavy atom. The number of benzene rings is 2. The van der Waals surface area contributed by atoms with Gasteiger partial charge in [0.2, 0.25) is 5.88 Å². The van der Waals surface area contributed by atoms with E-state index in [0.717, 1.165) is 44.2 Å². The fourth-order valence-electron chi connectivity index (χ4n) is 3.83. The summed E-state index contributed by atoms with van der Waals surface area (Å²) in [5, 5.41) is 16.9. The molecule has 5 rings (SSSR count). The molecule has 2 aromatic carbocycles. The molecule has 29 heavy (non-hydrogen) atoms. The number of rotatable bonds is 4. The third-order valence-corrected chi connectivity index (χ3v) is 5.23. The average molecular weight is 384 g/mol. The van der Waals surface area contributed by atoms with E-state index in [0.29, 0.717) is 6.54 Å². The maximum absolute atomic E-state index is 10.5. The first-order valence-electron chi connectivity index (χ1n) is 9.36. The van der Waals surface area contributed by atoms with E-state index in [2.05, 4.69) is 22.2 Å². The van der Waals surface area contributed by atoms with Crippen LogP contribution in [0.15, 0.2) is 67.1 Å². The van der Waals surface area contributed by atoms with Crippen LogP contribution >= 0.6 is 0 Å². The zero-order chi connectivity index (χ0) is 20.0. The summed E-state index contributed by atoms with van der Waals surface area (Å²) >= 11 is 0. The molecule has 6 nitrogen and oxygen atoms in total. The molecule has 0 radical (unpaired) electrons. The normalized spacial score (nSPS) is 11.4. The summed E-state index contributed by atoms with van der Waals surface area (Å²) in [6.45, 7) is 0.489. The molecular weight excluding hydrogens is 364 g/mol. The summed E-state index contributed by atoms with van der Waals surface area (Å²) in [6.07, 6.45) is 5.61. The third-order valence-electron chi connectivity index (χ3n) is 5.23. The Morgan fingerprint density at radius 1 is 1.00 bits per heavy atom. The maximum Gasteiger partial charge on any atom is 0.201 e. The highest BCUT2D eigenvalue weighted by atomic mass is 16.5. The van der Waals surface area contributed by atoms with Gasteiger partial charge in [-0.25, -0.2) is 0 Å². The van der Waals surface area contributed by atoms with Crippen molar-refractivity contribution in [1.82, 2.24) is 19.3 Å². The molecule has 0 saturated heterocycles. The number of pyridine rings is 1. The van der Waals surface area contributed by atoms with Gasteiger partial charge in [0.25, 0.3) is 0 Å².